The molecule has 0 spiro atoms. The topological polar surface area (TPSA) is 38.3 Å². The SMILES string of the molecule is Cc1cc(C)c(NC(=O)C(C)Oc2ccc(F)cc2Cl)c(C)c1. The van der Waals surface area contributed by atoms with Crippen LogP contribution in [0.15, 0.2) is 30.3 Å². The number of nitrogens with one attached hydrogen (secondary N) is 1. The third kappa shape index (κ3) is 4.23. The number of halogens is 2. The van der Waals surface area contributed by atoms with Crippen LogP contribution >= 0.6 is 11.6 Å². The highest BCUT2D eigenvalue weighted by Gasteiger charge is 2.18. The molecule has 0 aliphatic rings. The molecule has 1 unspecified atom stereocenters. The van der Waals surface area contributed by atoms with Gasteiger partial charge in [-0.2, -0.15) is 0 Å². The zero-order valence-electron chi connectivity index (χ0n) is 13.5. The highest BCUT2D eigenvalue weighted by molar-refractivity contribution is 6.32. The first kappa shape index (κ1) is 17.3. The average Bonchev–Trinajstić information content (AvgIpc) is 2.45. The fraction of sp³-hybridized carbons (Fsp3) is 0.278. The van der Waals surface area contributed by atoms with Crippen LogP contribution in [-0.4, -0.2) is 12.0 Å². The number of carbonyl (C=O) groups is 1. The number of anilines is 1. The molecular formula is C18H19ClFNO2. The molecule has 0 fully saturated rings. The molecule has 23 heavy (non-hydrogen) atoms. The van der Waals surface area contributed by atoms with Crippen molar-refractivity contribution in [2.24, 2.45) is 0 Å². The lowest BCUT2D eigenvalue weighted by atomic mass is 10.0. The van der Waals surface area contributed by atoms with E-state index in [0.717, 1.165) is 28.4 Å². The predicted octanol–water partition coefficient (Wildman–Crippen LogP) is 4.81. The normalized spacial score (nSPS) is 11.9. The van der Waals surface area contributed by atoms with Crippen LogP contribution in [0, 0.1) is 26.6 Å². The first-order valence-corrected chi connectivity index (χ1v) is 7.66. The Morgan fingerprint density at radius 2 is 1.78 bits per heavy atom. The summed E-state index contributed by atoms with van der Waals surface area (Å²) in [6.45, 7) is 7.51. The summed E-state index contributed by atoms with van der Waals surface area (Å²) in [4.78, 5) is 12.3. The molecule has 0 heterocycles. The summed E-state index contributed by atoms with van der Waals surface area (Å²) in [5.41, 5.74) is 3.90. The fourth-order valence-electron chi connectivity index (χ4n) is 2.42. The molecule has 0 aliphatic heterocycles. The molecule has 2 aromatic carbocycles. The summed E-state index contributed by atoms with van der Waals surface area (Å²) < 4.78 is 18.6. The van der Waals surface area contributed by atoms with Gasteiger partial charge in [0.25, 0.3) is 5.91 Å². The molecule has 2 aromatic rings. The summed E-state index contributed by atoms with van der Waals surface area (Å²) in [5, 5.41) is 3.01. The van der Waals surface area contributed by atoms with Gasteiger partial charge in [0, 0.05) is 5.69 Å². The maximum atomic E-state index is 13.0. The van der Waals surface area contributed by atoms with Crippen LogP contribution in [0.1, 0.15) is 23.6 Å². The van der Waals surface area contributed by atoms with Gasteiger partial charge in [-0.15, -0.1) is 0 Å². The van der Waals surface area contributed by atoms with Gasteiger partial charge >= 0.3 is 0 Å². The summed E-state index contributed by atoms with van der Waals surface area (Å²) in [5.74, 6) is -0.473. The second-order valence-electron chi connectivity index (χ2n) is 5.60. The maximum Gasteiger partial charge on any atom is 0.265 e. The number of aryl methyl sites for hydroxylation is 3. The lowest BCUT2D eigenvalue weighted by Crippen LogP contribution is -2.30. The highest BCUT2D eigenvalue weighted by Crippen LogP contribution is 2.27. The second-order valence-corrected chi connectivity index (χ2v) is 6.00. The number of ether oxygens (including phenoxy) is 1. The molecule has 0 saturated carbocycles. The van der Waals surface area contributed by atoms with Crippen molar-refractivity contribution < 1.29 is 13.9 Å². The van der Waals surface area contributed by atoms with Crippen LogP contribution in [0.3, 0.4) is 0 Å². The van der Waals surface area contributed by atoms with Gasteiger partial charge in [0.2, 0.25) is 0 Å². The van der Waals surface area contributed by atoms with E-state index in [4.69, 9.17) is 16.3 Å². The largest absolute Gasteiger partial charge is 0.479 e. The first-order valence-electron chi connectivity index (χ1n) is 7.28. The van der Waals surface area contributed by atoms with Crippen LogP contribution in [-0.2, 0) is 4.79 Å². The van der Waals surface area contributed by atoms with Crippen LogP contribution < -0.4 is 10.1 Å². The third-order valence-corrected chi connectivity index (χ3v) is 3.79. The summed E-state index contributed by atoms with van der Waals surface area (Å²) in [7, 11) is 0. The number of carbonyl (C=O) groups excluding carboxylic acids is 1. The Morgan fingerprint density at radius 3 is 2.35 bits per heavy atom. The zero-order valence-corrected chi connectivity index (χ0v) is 14.3. The van der Waals surface area contributed by atoms with Crippen molar-refractivity contribution in [1.82, 2.24) is 0 Å². The number of benzene rings is 2. The van der Waals surface area contributed by atoms with Crippen molar-refractivity contribution >= 4 is 23.2 Å². The Hall–Kier alpha value is -2.07. The zero-order chi connectivity index (χ0) is 17.1. The van der Waals surface area contributed by atoms with Gasteiger partial charge in [0.1, 0.15) is 11.6 Å². The van der Waals surface area contributed by atoms with Gasteiger partial charge in [-0.1, -0.05) is 29.3 Å². The molecule has 0 aromatic heterocycles. The Labute approximate surface area is 140 Å². The third-order valence-electron chi connectivity index (χ3n) is 3.49. The minimum atomic E-state index is -0.766. The lowest BCUT2D eigenvalue weighted by molar-refractivity contribution is -0.122. The van der Waals surface area contributed by atoms with Crippen LogP contribution in [0.4, 0.5) is 10.1 Å². The van der Waals surface area contributed by atoms with E-state index in [9.17, 15) is 9.18 Å². The minimum absolute atomic E-state index is 0.132. The van der Waals surface area contributed by atoms with E-state index in [0.29, 0.717) is 0 Å². The predicted molar refractivity (Wildman–Crippen MR) is 90.8 cm³/mol. The van der Waals surface area contributed by atoms with Crippen molar-refractivity contribution in [1.29, 1.82) is 0 Å². The number of hydrogen-bond donors (Lipinski definition) is 1. The monoisotopic (exact) mass is 335 g/mol. The molecule has 3 nitrogen and oxygen atoms in total. The molecule has 0 bridgehead atoms. The quantitative estimate of drug-likeness (QED) is 0.870. The summed E-state index contributed by atoms with van der Waals surface area (Å²) >= 11 is 5.91. The van der Waals surface area contributed by atoms with Gasteiger partial charge in [-0.25, -0.2) is 4.39 Å². The van der Waals surface area contributed by atoms with Gasteiger partial charge in [-0.3, -0.25) is 4.79 Å². The van der Waals surface area contributed by atoms with Crippen molar-refractivity contribution in [2.45, 2.75) is 33.8 Å². The second kappa shape index (κ2) is 7.01. The van der Waals surface area contributed by atoms with Gasteiger partial charge in [0.15, 0.2) is 6.10 Å². The smallest absolute Gasteiger partial charge is 0.265 e. The molecule has 5 heteroatoms. The van der Waals surface area contributed by atoms with E-state index in [1.807, 2.05) is 32.9 Å². The Bertz CT molecular complexity index is 723. The summed E-state index contributed by atoms with van der Waals surface area (Å²) in [6, 6.07) is 7.80. The van der Waals surface area contributed by atoms with E-state index in [1.54, 1.807) is 6.92 Å². The van der Waals surface area contributed by atoms with Gasteiger partial charge in [0.05, 0.1) is 5.02 Å². The maximum absolute atomic E-state index is 13.0. The van der Waals surface area contributed by atoms with E-state index in [-0.39, 0.29) is 16.7 Å². The van der Waals surface area contributed by atoms with Crippen LogP contribution in [0.2, 0.25) is 5.02 Å². The van der Waals surface area contributed by atoms with E-state index in [1.165, 1.54) is 12.1 Å². The number of hydrogen-bond acceptors (Lipinski definition) is 2. The molecule has 0 radical (unpaired) electrons. The fourth-order valence-corrected chi connectivity index (χ4v) is 2.63. The molecular weight excluding hydrogens is 317 g/mol. The molecule has 122 valence electrons. The number of rotatable bonds is 4. The molecule has 1 amide bonds. The lowest BCUT2D eigenvalue weighted by Gasteiger charge is -2.18. The Balaban J connectivity index is 2.11. The number of amides is 1. The molecule has 0 saturated heterocycles. The molecule has 1 atom stereocenters. The van der Waals surface area contributed by atoms with Crippen LogP contribution in [0.25, 0.3) is 0 Å². The molecule has 0 aliphatic carbocycles. The van der Waals surface area contributed by atoms with Crippen LogP contribution in [0.5, 0.6) is 5.75 Å². The first-order chi connectivity index (χ1) is 10.8. The van der Waals surface area contributed by atoms with E-state index >= 15 is 0 Å². The Morgan fingerprint density at radius 1 is 1.17 bits per heavy atom. The standard InChI is InChI=1S/C18H19ClFNO2/c1-10-7-11(2)17(12(3)8-10)21-18(22)13(4)23-16-6-5-14(20)9-15(16)19/h5-9,13H,1-4H3,(H,21,22). The highest BCUT2D eigenvalue weighted by atomic mass is 35.5. The van der Waals surface area contributed by atoms with Crippen molar-refractivity contribution in [3.8, 4) is 5.75 Å². The average molecular weight is 336 g/mol. The van der Waals surface area contributed by atoms with Gasteiger partial charge < -0.3 is 10.1 Å². The molecule has 1 N–H and O–H groups in total. The van der Waals surface area contributed by atoms with Crippen molar-refractivity contribution in [2.75, 3.05) is 5.32 Å². The van der Waals surface area contributed by atoms with Crippen molar-refractivity contribution in [3.63, 3.8) is 0 Å². The molecule has 2 rings (SSSR count). The Kier molecular flexibility index (Phi) is 5.26. The minimum Gasteiger partial charge on any atom is -0.479 e. The van der Waals surface area contributed by atoms with Gasteiger partial charge in [-0.05, 0) is 57.0 Å². The summed E-state index contributed by atoms with van der Waals surface area (Å²) in [6.07, 6.45) is -0.766. The van der Waals surface area contributed by atoms with E-state index < -0.39 is 11.9 Å². The van der Waals surface area contributed by atoms with E-state index in [2.05, 4.69) is 5.32 Å². The van der Waals surface area contributed by atoms with Crippen molar-refractivity contribution in [3.05, 3.63) is 57.9 Å².